The Balaban J connectivity index is 1.89. The van der Waals surface area contributed by atoms with Crippen molar-refractivity contribution in [3.8, 4) is 17.2 Å². The van der Waals surface area contributed by atoms with Crippen molar-refractivity contribution in [3.05, 3.63) is 66.2 Å². The minimum Gasteiger partial charge on any atom is -0.489 e. The molecule has 0 aliphatic rings. The van der Waals surface area contributed by atoms with E-state index in [0.29, 0.717) is 12.4 Å². The lowest BCUT2D eigenvalue weighted by Crippen LogP contribution is -2.02. The molecule has 22 heavy (non-hydrogen) atoms. The monoisotopic (exact) mass is 298 g/mol. The standard InChI is InChI=1S/C18H18O4/c1-14(12-18(19)20-2)13-21-15-8-10-17(11-9-15)22-16-6-4-3-5-7-16/h3-12H,13H2,1-2H3. The van der Waals surface area contributed by atoms with Gasteiger partial charge in [0.1, 0.15) is 23.9 Å². The van der Waals surface area contributed by atoms with Crippen LogP contribution in [0, 0.1) is 0 Å². The van der Waals surface area contributed by atoms with Crippen LogP contribution < -0.4 is 9.47 Å². The van der Waals surface area contributed by atoms with Crippen LogP contribution >= 0.6 is 0 Å². The maximum atomic E-state index is 11.1. The van der Waals surface area contributed by atoms with Gasteiger partial charge in [-0.15, -0.1) is 0 Å². The molecule has 0 aliphatic heterocycles. The second-order valence-corrected chi connectivity index (χ2v) is 4.69. The Hall–Kier alpha value is -2.75. The topological polar surface area (TPSA) is 44.8 Å². The number of para-hydroxylation sites is 1. The molecule has 0 saturated carbocycles. The fourth-order valence-corrected chi connectivity index (χ4v) is 1.73. The Morgan fingerprint density at radius 1 is 0.955 bits per heavy atom. The lowest BCUT2D eigenvalue weighted by molar-refractivity contribution is -0.134. The van der Waals surface area contributed by atoms with Crippen molar-refractivity contribution >= 4 is 5.97 Å². The molecule has 0 spiro atoms. The van der Waals surface area contributed by atoms with Crippen molar-refractivity contribution in [2.24, 2.45) is 0 Å². The summed E-state index contributed by atoms with van der Waals surface area (Å²) in [5, 5.41) is 0. The van der Waals surface area contributed by atoms with Gasteiger partial charge >= 0.3 is 5.97 Å². The minimum atomic E-state index is -0.382. The zero-order valence-electron chi connectivity index (χ0n) is 12.6. The molecule has 4 nitrogen and oxygen atoms in total. The average Bonchev–Trinajstić information content (AvgIpc) is 2.55. The predicted molar refractivity (Wildman–Crippen MR) is 84.2 cm³/mol. The fraction of sp³-hybridized carbons (Fsp3) is 0.167. The summed E-state index contributed by atoms with van der Waals surface area (Å²) in [6.07, 6.45) is 1.41. The molecule has 0 amide bonds. The molecule has 0 atom stereocenters. The second kappa shape index (κ2) is 7.88. The summed E-state index contributed by atoms with van der Waals surface area (Å²) in [4.78, 5) is 11.1. The van der Waals surface area contributed by atoms with E-state index in [1.165, 1.54) is 13.2 Å². The molecular weight excluding hydrogens is 280 g/mol. The highest BCUT2D eigenvalue weighted by molar-refractivity contribution is 5.82. The van der Waals surface area contributed by atoms with Crippen molar-refractivity contribution in [1.29, 1.82) is 0 Å². The van der Waals surface area contributed by atoms with Crippen LogP contribution in [0.3, 0.4) is 0 Å². The summed E-state index contributed by atoms with van der Waals surface area (Å²) in [6, 6.07) is 16.9. The molecule has 0 bridgehead atoms. The van der Waals surface area contributed by atoms with Gasteiger partial charge in [-0.3, -0.25) is 0 Å². The van der Waals surface area contributed by atoms with Crippen LogP contribution in [0.15, 0.2) is 66.2 Å². The minimum absolute atomic E-state index is 0.327. The highest BCUT2D eigenvalue weighted by Crippen LogP contribution is 2.23. The van der Waals surface area contributed by atoms with Crippen molar-refractivity contribution in [1.82, 2.24) is 0 Å². The molecular formula is C18H18O4. The quantitative estimate of drug-likeness (QED) is 0.598. The molecule has 0 unspecified atom stereocenters. The summed E-state index contributed by atoms with van der Waals surface area (Å²) in [6.45, 7) is 2.14. The molecule has 0 radical (unpaired) electrons. The molecule has 4 heteroatoms. The van der Waals surface area contributed by atoms with Crippen LogP contribution in [-0.2, 0) is 9.53 Å². The van der Waals surface area contributed by atoms with Gasteiger partial charge in [0.05, 0.1) is 7.11 Å². The van der Waals surface area contributed by atoms with Gasteiger partial charge in [0.15, 0.2) is 0 Å². The smallest absolute Gasteiger partial charge is 0.330 e. The SMILES string of the molecule is COC(=O)C=C(C)COc1ccc(Oc2ccccc2)cc1. The maximum Gasteiger partial charge on any atom is 0.330 e. The van der Waals surface area contributed by atoms with E-state index in [4.69, 9.17) is 9.47 Å². The lowest BCUT2D eigenvalue weighted by atomic mass is 10.3. The first-order valence-electron chi connectivity index (χ1n) is 6.88. The Bertz CT molecular complexity index is 630. The summed E-state index contributed by atoms with van der Waals surface area (Å²) < 4.78 is 15.8. The molecule has 0 fully saturated rings. The van der Waals surface area contributed by atoms with E-state index in [1.807, 2.05) is 61.5 Å². The predicted octanol–water partition coefficient (Wildman–Crippen LogP) is 3.98. The van der Waals surface area contributed by atoms with E-state index in [9.17, 15) is 4.79 Å². The summed E-state index contributed by atoms with van der Waals surface area (Å²) in [5.41, 5.74) is 0.788. The fourth-order valence-electron chi connectivity index (χ4n) is 1.73. The number of methoxy groups -OCH3 is 1. The lowest BCUT2D eigenvalue weighted by Gasteiger charge is -2.08. The van der Waals surface area contributed by atoms with Crippen LogP contribution in [0.5, 0.6) is 17.2 Å². The molecule has 0 aromatic heterocycles. The molecule has 0 heterocycles. The number of carbonyl (C=O) groups excluding carboxylic acids is 1. The Morgan fingerprint density at radius 3 is 2.18 bits per heavy atom. The van der Waals surface area contributed by atoms with Crippen molar-refractivity contribution < 1.29 is 19.0 Å². The van der Waals surface area contributed by atoms with Crippen LogP contribution in [0.25, 0.3) is 0 Å². The van der Waals surface area contributed by atoms with E-state index in [-0.39, 0.29) is 5.97 Å². The summed E-state index contributed by atoms with van der Waals surface area (Å²) in [7, 11) is 1.35. The van der Waals surface area contributed by atoms with Gasteiger partial charge < -0.3 is 14.2 Å². The molecule has 2 rings (SSSR count). The highest BCUT2D eigenvalue weighted by atomic mass is 16.5. The first kappa shape index (κ1) is 15.6. The first-order chi connectivity index (χ1) is 10.7. The molecule has 0 aliphatic carbocycles. The van der Waals surface area contributed by atoms with Crippen molar-refractivity contribution in [3.63, 3.8) is 0 Å². The van der Waals surface area contributed by atoms with Gasteiger partial charge in [-0.2, -0.15) is 0 Å². The van der Waals surface area contributed by atoms with Gasteiger partial charge in [-0.25, -0.2) is 4.79 Å². The normalized spacial score (nSPS) is 10.9. The zero-order valence-corrected chi connectivity index (χ0v) is 12.6. The first-order valence-corrected chi connectivity index (χ1v) is 6.88. The van der Waals surface area contributed by atoms with E-state index >= 15 is 0 Å². The van der Waals surface area contributed by atoms with Crippen molar-refractivity contribution in [2.45, 2.75) is 6.92 Å². The van der Waals surface area contributed by atoms with Crippen LogP contribution in [0.4, 0.5) is 0 Å². The Morgan fingerprint density at radius 2 is 1.55 bits per heavy atom. The van der Waals surface area contributed by atoms with E-state index < -0.39 is 0 Å². The zero-order chi connectivity index (χ0) is 15.8. The second-order valence-electron chi connectivity index (χ2n) is 4.69. The number of rotatable bonds is 6. The van der Waals surface area contributed by atoms with Gasteiger partial charge in [-0.1, -0.05) is 18.2 Å². The number of hydrogen-bond donors (Lipinski definition) is 0. The molecule has 114 valence electrons. The Labute approximate surface area is 129 Å². The Kier molecular flexibility index (Phi) is 5.60. The summed E-state index contributed by atoms with van der Waals surface area (Å²) in [5.74, 6) is 1.85. The molecule has 0 saturated heterocycles. The third kappa shape index (κ3) is 4.98. The number of hydrogen-bond acceptors (Lipinski definition) is 4. The number of benzene rings is 2. The van der Waals surface area contributed by atoms with E-state index in [0.717, 1.165) is 17.1 Å². The molecule has 2 aromatic carbocycles. The van der Waals surface area contributed by atoms with Crippen LogP contribution in [0.1, 0.15) is 6.92 Å². The van der Waals surface area contributed by atoms with E-state index in [2.05, 4.69) is 4.74 Å². The average molecular weight is 298 g/mol. The molecule has 0 N–H and O–H groups in total. The summed E-state index contributed by atoms with van der Waals surface area (Å²) >= 11 is 0. The van der Waals surface area contributed by atoms with Crippen LogP contribution in [-0.4, -0.2) is 19.7 Å². The third-order valence-corrected chi connectivity index (χ3v) is 2.83. The third-order valence-electron chi connectivity index (χ3n) is 2.83. The largest absolute Gasteiger partial charge is 0.489 e. The number of esters is 1. The highest BCUT2D eigenvalue weighted by Gasteiger charge is 2.00. The number of ether oxygens (including phenoxy) is 3. The number of carbonyl (C=O) groups is 1. The van der Waals surface area contributed by atoms with Gasteiger partial charge in [0.2, 0.25) is 0 Å². The van der Waals surface area contributed by atoms with E-state index in [1.54, 1.807) is 0 Å². The van der Waals surface area contributed by atoms with Gasteiger partial charge in [-0.05, 0) is 48.9 Å². The van der Waals surface area contributed by atoms with Crippen molar-refractivity contribution in [2.75, 3.05) is 13.7 Å². The van der Waals surface area contributed by atoms with Crippen LogP contribution in [0.2, 0.25) is 0 Å². The molecule has 2 aromatic rings. The van der Waals surface area contributed by atoms with Gasteiger partial charge in [0.25, 0.3) is 0 Å². The van der Waals surface area contributed by atoms with Gasteiger partial charge in [0, 0.05) is 6.08 Å². The maximum absolute atomic E-state index is 11.1.